The van der Waals surface area contributed by atoms with Crippen LogP contribution >= 0.6 is 0 Å². The van der Waals surface area contributed by atoms with E-state index < -0.39 is 0 Å². The van der Waals surface area contributed by atoms with Crippen molar-refractivity contribution in [3.8, 4) is 0 Å². The fraction of sp³-hybridized carbons (Fsp3) is 0.211. The van der Waals surface area contributed by atoms with Crippen molar-refractivity contribution >= 4 is 16.8 Å². The Kier molecular flexibility index (Phi) is 5.18. The first-order valence-electron chi connectivity index (χ1n) is 8.09. The molecule has 3 aromatic rings. The lowest BCUT2D eigenvalue weighted by Gasteiger charge is -2.08. The molecule has 1 aromatic heterocycles. The fourth-order valence-corrected chi connectivity index (χ4v) is 2.61. The minimum Gasteiger partial charge on any atom is -0.356 e. The zero-order valence-corrected chi connectivity index (χ0v) is 13.6. The van der Waals surface area contributed by atoms with Crippen molar-refractivity contribution in [2.75, 3.05) is 6.54 Å². The van der Waals surface area contributed by atoms with Gasteiger partial charge < -0.3 is 5.32 Å². The van der Waals surface area contributed by atoms with Crippen LogP contribution in [0.4, 0.5) is 4.39 Å². The van der Waals surface area contributed by atoms with Gasteiger partial charge in [-0.1, -0.05) is 30.3 Å². The van der Waals surface area contributed by atoms with Gasteiger partial charge in [0.15, 0.2) is 0 Å². The minimum absolute atomic E-state index is 0.162. The number of hydrogen-bond acceptors (Lipinski definition) is 3. The summed E-state index contributed by atoms with van der Waals surface area (Å²) in [5.74, 6) is -0.457. The van der Waals surface area contributed by atoms with Gasteiger partial charge in [-0.15, -0.1) is 0 Å². The van der Waals surface area contributed by atoms with E-state index in [9.17, 15) is 14.0 Å². The predicted octanol–water partition coefficient (Wildman–Crippen LogP) is 2.28. The zero-order valence-electron chi connectivity index (χ0n) is 13.6. The second-order valence-corrected chi connectivity index (χ2v) is 5.70. The Morgan fingerprint density at radius 3 is 2.72 bits per heavy atom. The molecule has 128 valence electrons. The van der Waals surface area contributed by atoms with Crippen LogP contribution in [0.15, 0.2) is 59.7 Å². The molecule has 0 radical (unpaired) electrons. The number of benzene rings is 2. The summed E-state index contributed by atoms with van der Waals surface area (Å²) in [5, 5.41) is 3.28. The number of para-hydroxylation sites is 1. The maximum absolute atomic E-state index is 13.5. The van der Waals surface area contributed by atoms with Gasteiger partial charge in [-0.25, -0.2) is 9.37 Å². The average molecular weight is 339 g/mol. The van der Waals surface area contributed by atoms with E-state index >= 15 is 0 Å². The number of halogens is 1. The molecule has 1 amide bonds. The molecule has 0 aliphatic carbocycles. The second-order valence-electron chi connectivity index (χ2n) is 5.70. The molecule has 1 heterocycles. The number of carbonyl (C=O) groups is 1. The van der Waals surface area contributed by atoms with Crippen molar-refractivity contribution in [2.45, 2.75) is 19.4 Å². The number of carbonyl (C=O) groups excluding carboxylic acids is 1. The summed E-state index contributed by atoms with van der Waals surface area (Å²) in [4.78, 5) is 28.5. The van der Waals surface area contributed by atoms with Gasteiger partial charge in [0.2, 0.25) is 5.91 Å². The fourth-order valence-electron chi connectivity index (χ4n) is 2.61. The summed E-state index contributed by atoms with van der Waals surface area (Å²) in [6.07, 6.45) is 2.05. The van der Waals surface area contributed by atoms with Crippen molar-refractivity contribution in [2.24, 2.45) is 0 Å². The van der Waals surface area contributed by atoms with Gasteiger partial charge in [-0.3, -0.25) is 14.2 Å². The van der Waals surface area contributed by atoms with Gasteiger partial charge in [-0.05, 0) is 30.2 Å². The van der Waals surface area contributed by atoms with Crippen LogP contribution in [-0.4, -0.2) is 22.0 Å². The second kappa shape index (κ2) is 7.70. The maximum Gasteiger partial charge on any atom is 0.261 e. The number of nitrogens with zero attached hydrogens (tertiary/aromatic N) is 2. The number of fused-ring (bicyclic) bond motifs is 1. The lowest BCUT2D eigenvalue weighted by atomic mass is 10.1. The first-order chi connectivity index (χ1) is 12.1. The molecule has 3 rings (SSSR count). The molecule has 2 aromatic carbocycles. The summed E-state index contributed by atoms with van der Waals surface area (Å²) in [6, 6.07) is 13.6. The van der Waals surface area contributed by atoms with E-state index in [4.69, 9.17) is 0 Å². The van der Waals surface area contributed by atoms with Gasteiger partial charge in [-0.2, -0.15) is 0 Å². The molecule has 0 unspecified atom stereocenters. The Hall–Kier alpha value is -3.02. The summed E-state index contributed by atoms with van der Waals surface area (Å²) in [6.45, 7) is 0.604. The molecule has 5 nitrogen and oxygen atoms in total. The topological polar surface area (TPSA) is 64.0 Å². The monoisotopic (exact) mass is 339 g/mol. The first kappa shape index (κ1) is 16.8. The van der Waals surface area contributed by atoms with Gasteiger partial charge in [0, 0.05) is 19.5 Å². The lowest BCUT2D eigenvalue weighted by molar-refractivity contribution is -0.121. The van der Waals surface area contributed by atoms with Crippen molar-refractivity contribution in [1.82, 2.24) is 14.9 Å². The number of nitrogens with one attached hydrogen (secondary N) is 1. The lowest BCUT2D eigenvalue weighted by Crippen LogP contribution is -2.29. The Labute approximate surface area is 144 Å². The standard InChI is InChI=1S/C19H18FN3O2/c20-16-7-3-1-5-14(16)9-11-21-18(24)10-12-23-13-22-17-8-4-2-6-15(17)19(23)25/h1-8,13H,9-12H2,(H,21,24). The smallest absolute Gasteiger partial charge is 0.261 e. The number of aromatic nitrogens is 2. The number of hydrogen-bond donors (Lipinski definition) is 1. The molecule has 6 heteroatoms. The maximum atomic E-state index is 13.5. The Morgan fingerprint density at radius 1 is 1.12 bits per heavy atom. The third-order valence-corrected chi connectivity index (χ3v) is 3.99. The highest BCUT2D eigenvalue weighted by Crippen LogP contribution is 2.06. The van der Waals surface area contributed by atoms with Gasteiger partial charge in [0.05, 0.1) is 17.2 Å². The van der Waals surface area contributed by atoms with Crippen LogP contribution in [0.2, 0.25) is 0 Å². The van der Waals surface area contributed by atoms with Gasteiger partial charge >= 0.3 is 0 Å². The molecule has 0 bridgehead atoms. The highest BCUT2D eigenvalue weighted by atomic mass is 19.1. The highest BCUT2D eigenvalue weighted by Gasteiger charge is 2.07. The summed E-state index contributed by atoms with van der Waals surface area (Å²) < 4.78 is 14.9. The van der Waals surface area contributed by atoms with Crippen molar-refractivity contribution in [1.29, 1.82) is 0 Å². The van der Waals surface area contributed by atoms with E-state index in [1.165, 1.54) is 17.0 Å². The number of rotatable bonds is 6. The van der Waals surface area contributed by atoms with Crippen LogP contribution in [0, 0.1) is 5.82 Å². The Morgan fingerprint density at radius 2 is 1.88 bits per heavy atom. The van der Waals surface area contributed by atoms with Crippen LogP contribution in [0.5, 0.6) is 0 Å². The number of aryl methyl sites for hydroxylation is 1. The summed E-state index contributed by atoms with van der Waals surface area (Å²) in [7, 11) is 0. The molecular formula is C19H18FN3O2. The highest BCUT2D eigenvalue weighted by molar-refractivity contribution is 5.77. The quantitative estimate of drug-likeness (QED) is 0.749. The van der Waals surface area contributed by atoms with Crippen molar-refractivity contribution < 1.29 is 9.18 Å². The van der Waals surface area contributed by atoms with E-state index in [2.05, 4.69) is 10.3 Å². The van der Waals surface area contributed by atoms with Gasteiger partial charge in [0.25, 0.3) is 5.56 Å². The molecule has 1 N–H and O–H groups in total. The molecule has 0 fully saturated rings. The molecule has 0 aliphatic rings. The third kappa shape index (κ3) is 4.09. The van der Waals surface area contributed by atoms with Crippen molar-refractivity contribution in [3.05, 3.63) is 76.6 Å². The van der Waals surface area contributed by atoms with Crippen LogP contribution < -0.4 is 10.9 Å². The van der Waals surface area contributed by atoms with Crippen LogP contribution in [0.1, 0.15) is 12.0 Å². The average Bonchev–Trinajstić information content (AvgIpc) is 2.63. The van der Waals surface area contributed by atoms with Gasteiger partial charge in [0.1, 0.15) is 5.82 Å². The van der Waals surface area contributed by atoms with E-state index in [0.29, 0.717) is 29.4 Å². The minimum atomic E-state index is -0.273. The molecular weight excluding hydrogens is 321 g/mol. The molecule has 0 atom stereocenters. The van der Waals surface area contributed by atoms with E-state index in [0.717, 1.165) is 0 Å². The molecule has 0 saturated heterocycles. The largest absolute Gasteiger partial charge is 0.356 e. The third-order valence-electron chi connectivity index (χ3n) is 3.99. The molecule has 0 spiro atoms. The van der Waals surface area contributed by atoms with E-state index in [-0.39, 0.29) is 30.2 Å². The SMILES string of the molecule is O=C(CCn1cnc2ccccc2c1=O)NCCc1ccccc1F. The molecule has 0 saturated carbocycles. The van der Waals surface area contributed by atoms with Crippen molar-refractivity contribution in [3.63, 3.8) is 0 Å². The number of amides is 1. The van der Waals surface area contributed by atoms with Crippen LogP contribution in [0.3, 0.4) is 0 Å². The zero-order chi connectivity index (χ0) is 17.6. The summed E-state index contributed by atoms with van der Waals surface area (Å²) >= 11 is 0. The first-order valence-corrected chi connectivity index (χ1v) is 8.09. The van der Waals surface area contributed by atoms with E-state index in [1.807, 2.05) is 6.07 Å². The Bertz CT molecular complexity index is 953. The Balaban J connectivity index is 1.53. The predicted molar refractivity (Wildman–Crippen MR) is 93.7 cm³/mol. The van der Waals surface area contributed by atoms with Crippen LogP contribution in [0.25, 0.3) is 10.9 Å². The normalized spacial score (nSPS) is 10.8. The molecule has 0 aliphatic heterocycles. The molecule has 25 heavy (non-hydrogen) atoms. The van der Waals surface area contributed by atoms with Crippen LogP contribution in [-0.2, 0) is 17.8 Å². The van der Waals surface area contributed by atoms with E-state index in [1.54, 1.807) is 36.4 Å². The summed E-state index contributed by atoms with van der Waals surface area (Å²) in [5.41, 5.74) is 1.04.